The molecule has 0 bridgehead atoms. The number of nitrogens with one attached hydrogen (secondary N) is 1. The molecule has 2 aromatic heterocycles. The van der Waals surface area contributed by atoms with E-state index in [9.17, 15) is 9.18 Å². The molecular formula is C24H28FN5O2S. The molecular weight excluding hydrogens is 441 g/mol. The Hall–Kier alpha value is -3.04. The molecule has 1 fully saturated rings. The molecule has 3 heterocycles. The minimum Gasteiger partial charge on any atom is -0.476 e. The summed E-state index contributed by atoms with van der Waals surface area (Å²) < 4.78 is 19.3. The van der Waals surface area contributed by atoms with Crippen LogP contribution in [0.25, 0.3) is 10.6 Å². The van der Waals surface area contributed by atoms with Crippen LogP contribution < -0.4 is 15.8 Å². The number of anilines is 1. The topological polar surface area (TPSA) is 93.4 Å². The first-order chi connectivity index (χ1) is 16.0. The summed E-state index contributed by atoms with van der Waals surface area (Å²) in [6.07, 6.45) is 4.70. The van der Waals surface area contributed by atoms with Crippen molar-refractivity contribution in [1.82, 2.24) is 14.9 Å². The minimum absolute atomic E-state index is 0.188. The number of piperidine rings is 1. The van der Waals surface area contributed by atoms with E-state index in [1.807, 2.05) is 18.2 Å². The van der Waals surface area contributed by atoms with E-state index in [0.29, 0.717) is 28.3 Å². The van der Waals surface area contributed by atoms with Gasteiger partial charge in [0.1, 0.15) is 16.6 Å². The first kappa shape index (κ1) is 23.1. The van der Waals surface area contributed by atoms with E-state index in [4.69, 9.17) is 10.5 Å². The maximum atomic E-state index is 13.4. The molecule has 0 radical (unpaired) electrons. The molecule has 0 atom stereocenters. The molecule has 0 unspecified atom stereocenters. The number of pyridine rings is 1. The van der Waals surface area contributed by atoms with Crippen molar-refractivity contribution < 1.29 is 13.9 Å². The molecule has 3 N–H and O–H groups in total. The van der Waals surface area contributed by atoms with Gasteiger partial charge >= 0.3 is 0 Å². The molecule has 7 nitrogen and oxygen atoms in total. The predicted octanol–water partition coefficient (Wildman–Crippen LogP) is 4.17. The Morgan fingerprint density at radius 3 is 2.85 bits per heavy atom. The minimum atomic E-state index is -0.540. The van der Waals surface area contributed by atoms with E-state index in [2.05, 4.69) is 20.2 Å². The summed E-state index contributed by atoms with van der Waals surface area (Å²) in [6.45, 7) is 3.21. The van der Waals surface area contributed by atoms with Crippen LogP contribution in [0, 0.1) is 11.7 Å². The smallest absolute Gasteiger partial charge is 0.264 e. The highest BCUT2D eigenvalue weighted by Gasteiger charge is 2.22. The quantitative estimate of drug-likeness (QED) is 0.489. The molecule has 0 saturated carbocycles. The highest BCUT2D eigenvalue weighted by atomic mass is 32.1. The monoisotopic (exact) mass is 469 g/mol. The van der Waals surface area contributed by atoms with Crippen LogP contribution in [0.15, 0.2) is 42.6 Å². The molecule has 0 aliphatic carbocycles. The van der Waals surface area contributed by atoms with Crippen molar-refractivity contribution >= 4 is 23.1 Å². The number of likely N-dealkylation sites (tertiary alicyclic amines) is 1. The van der Waals surface area contributed by atoms with Gasteiger partial charge in [-0.2, -0.15) is 0 Å². The molecule has 1 amide bonds. The maximum absolute atomic E-state index is 13.4. The third-order valence-electron chi connectivity index (χ3n) is 5.85. The van der Waals surface area contributed by atoms with Gasteiger partial charge in [0, 0.05) is 25.4 Å². The van der Waals surface area contributed by atoms with Crippen LogP contribution in [0.5, 0.6) is 5.88 Å². The van der Waals surface area contributed by atoms with Gasteiger partial charge in [0.2, 0.25) is 5.88 Å². The number of nitrogens with zero attached hydrogens (tertiary/aromatic N) is 3. The van der Waals surface area contributed by atoms with Crippen molar-refractivity contribution in [2.45, 2.75) is 25.8 Å². The first-order valence-electron chi connectivity index (χ1n) is 11.1. The van der Waals surface area contributed by atoms with E-state index < -0.39 is 5.91 Å². The number of hydrogen-bond acceptors (Lipinski definition) is 7. The Labute approximate surface area is 196 Å². The lowest BCUT2D eigenvalue weighted by atomic mass is 9.93. The summed E-state index contributed by atoms with van der Waals surface area (Å²) in [7, 11) is 1.79. The molecule has 1 aromatic carbocycles. The fourth-order valence-electron chi connectivity index (χ4n) is 4.03. The number of rotatable bonds is 9. The molecule has 1 saturated heterocycles. The summed E-state index contributed by atoms with van der Waals surface area (Å²) in [6, 6.07) is 10.5. The van der Waals surface area contributed by atoms with Crippen molar-refractivity contribution in [2.24, 2.45) is 11.7 Å². The summed E-state index contributed by atoms with van der Waals surface area (Å²) in [5, 5.41) is 3.66. The second kappa shape index (κ2) is 10.7. The Morgan fingerprint density at radius 1 is 1.30 bits per heavy atom. The Balaban J connectivity index is 1.29. The Morgan fingerprint density at radius 2 is 2.12 bits per heavy atom. The highest BCUT2D eigenvalue weighted by molar-refractivity contribution is 7.17. The van der Waals surface area contributed by atoms with Crippen LogP contribution in [0.2, 0.25) is 0 Å². The van der Waals surface area contributed by atoms with Gasteiger partial charge < -0.3 is 15.8 Å². The van der Waals surface area contributed by atoms with Gasteiger partial charge in [-0.3, -0.25) is 9.69 Å². The van der Waals surface area contributed by atoms with Crippen molar-refractivity contribution in [3.8, 4) is 16.5 Å². The van der Waals surface area contributed by atoms with Crippen LogP contribution in [0.1, 0.15) is 34.5 Å². The summed E-state index contributed by atoms with van der Waals surface area (Å²) in [4.78, 5) is 23.3. The SMILES string of the molecule is CNc1cc(-c2nc(OCCC3CCN(Cc4cccc(F)c4)CC3)c(C(N)=O)s2)ccn1. The molecule has 4 rings (SSSR count). The molecule has 174 valence electrons. The number of carbonyl (C=O) groups is 1. The number of primary amides is 1. The average Bonchev–Trinajstić information content (AvgIpc) is 3.25. The van der Waals surface area contributed by atoms with Gasteiger partial charge in [0.05, 0.1) is 6.61 Å². The standard InChI is InChI=1S/C24H28FN5O2S/c1-27-20-14-18(5-9-28-20)24-29-23(21(33-24)22(26)31)32-12-8-16-6-10-30(11-7-16)15-17-3-2-4-19(25)13-17/h2-5,9,13-14,16H,6-8,10-12,15H2,1H3,(H2,26,31)(H,27,28). The van der Waals surface area contributed by atoms with Crippen LogP contribution in [0.3, 0.4) is 0 Å². The van der Waals surface area contributed by atoms with E-state index in [0.717, 1.165) is 55.8 Å². The third-order valence-corrected chi connectivity index (χ3v) is 6.95. The molecule has 9 heteroatoms. The number of thiazole rings is 1. The van der Waals surface area contributed by atoms with Crippen molar-refractivity contribution in [1.29, 1.82) is 0 Å². The van der Waals surface area contributed by atoms with Gasteiger partial charge in [0.25, 0.3) is 5.91 Å². The maximum Gasteiger partial charge on any atom is 0.264 e. The molecule has 1 aliphatic heterocycles. The summed E-state index contributed by atoms with van der Waals surface area (Å²) in [5.41, 5.74) is 7.42. The number of halogens is 1. The van der Waals surface area contributed by atoms with E-state index >= 15 is 0 Å². The third kappa shape index (κ3) is 6.06. The normalized spacial score (nSPS) is 14.8. The van der Waals surface area contributed by atoms with Crippen LogP contribution in [0.4, 0.5) is 10.2 Å². The van der Waals surface area contributed by atoms with E-state index in [-0.39, 0.29) is 5.82 Å². The zero-order valence-electron chi connectivity index (χ0n) is 18.6. The molecule has 0 spiro atoms. The molecule has 33 heavy (non-hydrogen) atoms. The fourth-order valence-corrected chi connectivity index (χ4v) is 4.89. The van der Waals surface area contributed by atoms with Gasteiger partial charge in [-0.1, -0.05) is 12.1 Å². The Bertz CT molecular complexity index is 1100. The first-order valence-corrected chi connectivity index (χ1v) is 11.9. The fraction of sp³-hybridized carbons (Fsp3) is 0.375. The molecule has 1 aliphatic rings. The lowest BCUT2D eigenvalue weighted by Gasteiger charge is -2.31. The summed E-state index contributed by atoms with van der Waals surface area (Å²) in [5.74, 6) is 0.833. The van der Waals surface area contributed by atoms with Gasteiger partial charge in [-0.15, -0.1) is 11.3 Å². The largest absolute Gasteiger partial charge is 0.476 e. The van der Waals surface area contributed by atoms with E-state index in [1.165, 1.54) is 17.4 Å². The number of benzene rings is 1. The van der Waals surface area contributed by atoms with Crippen molar-refractivity contribution in [3.63, 3.8) is 0 Å². The summed E-state index contributed by atoms with van der Waals surface area (Å²) >= 11 is 1.23. The number of hydrogen-bond donors (Lipinski definition) is 2. The number of carbonyl (C=O) groups excluding carboxylic acids is 1. The zero-order chi connectivity index (χ0) is 23.2. The lowest BCUT2D eigenvalue weighted by Crippen LogP contribution is -2.33. The zero-order valence-corrected chi connectivity index (χ0v) is 19.4. The van der Waals surface area contributed by atoms with Crippen molar-refractivity contribution in [3.05, 3.63) is 58.9 Å². The van der Waals surface area contributed by atoms with Gasteiger partial charge in [0.15, 0.2) is 4.88 Å². The lowest BCUT2D eigenvalue weighted by molar-refractivity contribution is 0.0999. The number of amides is 1. The number of aromatic nitrogens is 2. The average molecular weight is 470 g/mol. The highest BCUT2D eigenvalue weighted by Crippen LogP contribution is 2.33. The molecule has 3 aromatic rings. The number of ether oxygens (including phenoxy) is 1. The van der Waals surface area contributed by atoms with Crippen molar-refractivity contribution in [2.75, 3.05) is 32.1 Å². The predicted molar refractivity (Wildman–Crippen MR) is 128 cm³/mol. The van der Waals surface area contributed by atoms with Gasteiger partial charge in [-0.05, 0) is 68.1 Å². The van der Waals surface area contributed by atoms with Crippen LogP contribution in [-0.2, 0) is 6.54 Å². The Kier molecular flexibility index (Phi) is 7.51. The van der Waals surface area contributed by atoms with Crippen LogP contribution >= 0.6 is 11.3 Å². The second-order valence-electron chi connectivity index (χ2n) is 8.18. The van der Waals surface area contributed by atoms with Crippen LogP contribution in [-0.4, -0.2) is 47.5 Å². The van der Waals surface area contributed by atoms with Gasteiger partial charge in [-0.25, -0.2) is 14.4 Å². The van der Waals surface area contributed by atoms with E-state index in [1.54, 1.807) is 25.4 Å². The number of nitrogens with two attached hydrogens (primary N) is 1. The second-order valence-corrected chi connectivity index (χ2v) is 9.18.